The minimum absolute atomic E-state index is 0.227. The van der Waals surface area contributed by atoms with Crippen molar-refractivity contribution >= 4 is 33.1 Å². The van der Waals surface area contributed by atoms with Crippen molar-refractivity contribution in [3.63, 3.8) is 0 Å². The van der Waals surface area contributed by atoms with E-state index in [4.69, 9.17) is 4.74 Å². The van der Waals surface area contributed by atoms with Crippen LogP contribution < -0.4 is 15.6 Å². The lowest BCUT2D eigenvalue weighted by molar-refractivity contribution is -0.118. The summed E-state index contributed by atoms with van der Waals surface area (Å²) in [6.45, 7) is 4.18. The minimum Gasteiger partial charge on any atom is -0.494 e. The summed E-state index contributed by atoms with van der Waals surface area (Å²) in [5, 5.41) is 5.32. The number of hydrogen-bond acceptors (Lipinski definition) is 5. The molecule has 0 spiro atoms. The molecule has 4 aromatic rings. The van der Waals surface area contributed by atoms with E-state index in [9.17, 15) is 9.59 Å². The highest BCUT2D eigenvalue weighted by Gasteiger charge is 2.20. The fourth-order valence-corrected chi connectivity index (χ4v) is 4.13. The zero-order chi connectivity index (χ0) is 21.1. The Morgan fingerprint density at radius 2 is 1.90 bits per heavy atom. The van der Waals surface area contributed by atoms with Gasteiger partial charge >= 0.3 is 0 Å². The van der Waals surface area contributed by atoms with Gasteiger partial charge in [0, 0.05) is 16.6 Å². The van der Waals surface area contributed by atoms with Crippen LogP contribution >= 0.6 is 11.3 Å². The first-order chi connectivity index (χ1) is 14.6. The van der Waals surface area contributed by atoms with E-state index in [1.165, 1.54) is 22.2 Å². The van der Waals surface area contributed by atoms with E-state index in [1.54, 1.807) is 31.2 Å². The molecule has 1 amide bonds. The number of anilines is 1. The maximum atomic E-state index is 13.2. The average molecular weight is 420 g/mol. The van der Waals surface area contributed by atoms with Crippen LogP contribution in [0.3, 0.4) is 0 Å². The van der Waals surface area contributed by atoms with Crippen LogP contribution in [0, 0.1) is 0 Å². The molecule has 30 heavy (non-hydrogen) atoms. The number of hydrogen-bond donors (Lipinski definition) is 1. The molecule has 0 bridgehead atoms. The van der Waals surface area contributed by atoms with Crippen LogP contribution in [0.2, 0.25) is 0 Å². The number of amides is 1. The molecule has 2 aromatic carbocycles. The number of nitrogens with one attached hydrogen (secondary N) is 1. The van der Waals surface area contributed by atoms with Gasteiger partial charge in [-0.1, -0.05) is 30.3 Å². The zero-order valence-electron chi connectivity index (χ0n) is 16.7. The summed E-state index contributed by atoms with van der Waals surface area (Å²) in [6, 6.07) is 16.1. The van der Waals surface area contributed by atoms with Crippen LogP contribution in [-0.4, -0.2) is 22.1 Å². The third-order valence-corrected chi connectivity index (χ3v) is 5.72. The fourth-order valence-electron chi connectivity index (χ4n) is 3.23. The number of ether oxygens (including phenoxy) is 1. The van der Waals surface area contributed by atoms with Crippen molar-refractivity contribution in [3.05, 3.63) is 76.7 Å². The van der Waals surface area contributed by atoms with Crippen LogP contribution in [0.15, 0.2) is 71.1 Å². The molecule has 0 aliphatic rings. The van der Waals surface area contributed by atoms with Crippen LogP contribution in [0.25, 0.3) is 21.3 Å². The van der Waals surface area contributed by atoms with Gasteiger partial charge in [-0.3, -0.25) is 14.2 Å². The van der Waals surface area contributed by atoms with Crippen molar-refractivity contribution < 1.29 is 9.53 Å². The molecule has 0 aliphatic carbocycles. The van der Waals surface area contributed by atoms with E-state index < -0.39 is 6.04 Å². The Kier molecular flexibility index (Phi) is 5.63. The highest BCUT2D eigenvalue weighted by Crippen LogP contribution is 2.30. The first-order valence-electron chi connectivity index (χ1n) is 9.66. The number of fused-ring (bicyclic) bond motifs is 1. The van der Waals surface area contributed by atoms with Gasteiger partial charge in [-0.25, -0.2) is 4.98 Å². The number of thiophene rings is 1. The summed E-state index contributed by atoms with van der Waals surface area (Å²) in [5.41, 5.74) is 2.20. The highest BCUT2D eigenvalue weighted by molar-refractivity contribution is 7.17. The summed E-state index contributed by atoms with van der Waals surface area (Å²) < 4.78 is 6.79. The lowest BCUT2D eigenvalue weighted by Gasteiger charge is -2.15. The number of aromatic nitrogens is 2. The van der Waals surface area contributed by atoms with Crippen LogP contribution in [0.1, 0.15) is 19.9 Å². The molecule has 0 saturated carbocycles. The summed E-state index contributed by atoms with van der Waals surface area (Å²) in [7, 11) is 0. The van der Waals surface area contributed by atoms with Gasteiger partial charge in [-0.05, 0) is 43.7 Å². The van der Waals surface area contributed by atoms with E-state index >= 15 is 0 Å². The first kappa shape index (κ1) is 19.8. The van der Waals surface area contributed by atoms with Crippen LogP contribution in [0.4, 0.5) is 5.69 Å². The maximum Gasteiger partial charge on any atom is 0.263 e. The molecule has 0 saturated heterocycles. The normalized spacial score (nSPS) is 11.9. The van der Waals surface area contributed by atoms with Crippen molar-refractivity contribution in [2.24, 2.45) is 0 Å². The second-order valence-electron chi connectivity index (χ2n) is 6.78. The third-order valence-electron chi connectivity index (χ3n) is 4.83. The van der Waals surface area contributed by atoms with Gasteiger partial charge in [0.15, 0.2) is 0 Å². The van der Waals surface area contributed by atoms with Crippen LogP contribution in [0.5, 0.6) is 5.75 Å². The first-order valence-corrected chi connectivity index (χ1v) is 10.5. The number of benzene rings is 2. The molecular formula is C23H21N3O3S. The predicted molar refractivity (Wildman–Crippen MR) is 120 cm³/mol. The number of carbonyl (C=O) groups is 1. The Bertz CT molecular complexity index is 1230. The van der Waals surface area contributed by atoms with E-state index in [-0.39, 0.29) is 11.5 Å². The molecule has 0 radical (unpaired) electrons. The number of rotatable bonds is 6. The lowest BCUT2D eigenvalue weighted by atomic mass is 10.1. The van der Waals surface area contributed by atoms with Crippen molar-refractivity contribution in [1.82, 2.24) is 9.55 Å². The molecule has 0 fully saturated rings. The monoisotopic (exact) mass is 419 g/mol. The number of nitrogens with zero attached hydrogens (tertiary/aromatic N) is 2. The topological polar surface area (TPSA) is 73.2 Å². The van der Waals surface area contributed by atoms with Crippen molar-refractivity contribution in [2.75, 3.05) is 11.9 Å². The zero-order valence-corrected chi connectivity index (χ0v) is 17.5. The van der Waals surface area contributed by atoms with Crippen molar-refractivity contribution in [1.29, 1.82) is 0 Å². The Hall–Kier alpha value is -3.45. The van der Waals surface area contributed by atoms with Gasteiger partial charge in [0.05, 0.1) is 18.3 Å². The molecule has 0 aliphatic heterocycles. The molecule has 2 aromatic heterocycles. The van der Waals surface area contributed by atoms with Gasteiger partial charge in [0.1, 0.15) is 16.6 Å². The summed E-state index contributed by atoms with van der Waals surface area (Å²) >= 11 is 1.42. The second kappa shape index (κ2) is 8.51. The quantitative estimate of drug-likeness (QED) is 0.491. The van der Waals surface area contributed by atoms with E-state index in [1.807, 2.05) is 42.6 Å². The van der Waals surface area contributed by atoms with E-state index in [2.05, 4.69) is 10.3 Å². The average Bonchev–Trinajstić information content (AvgIpc) is 3.21. The molecule has 6 nitrogen and oxygen atoms in total. The molecule has 0 unspecified atom stereocenters. The van der Waals surface area contributed by atoms with Crippen LogP contribution in [-0.2, 0) is 4.79 Å². The SMILES string of the molecule is CCOc1ccc(NC(=O)[C@H](C)n2cnc3scc(-c4ccccc4)c3c2=O)cc1. The number of carbonyl (C=O) groups excluding carboxylic acids is 1. The third kappa shape index (κ3) is 3.84. The summed E-state index contributed by atoms with van der Waals surface area (Å²) in [4.78, 5) is 31.1. The maximum absolute atomic E-state index is 13.2. The van der Waals surface area contributed by atoms with E-state index in [0.29, 0.717) is 22.5 Å². The Labute approximate surface area is 177 Å². The minimum atomic E-state index is -0.718. The second-order valence-corrected chi connectivity index (χ2v) is 7.63. The van der Waals surface area contributed by atoms with Gasteiger partial charge in [0.25, 0.3) is 5.56 Å². The summed E-state index contributed by atoms with van der Waals surface area (Å²) in [5.74, 6) is 0.444. The molecule has 1 atom stereocenters. The molecular weight excluding hydrogens is 398 g/mol. The van der Waals surface area contributed by atoms with Gasteiger partial charge in [0.2, 0.25) is 5.91 Å². The molecule has 152 valence electrons. The smallest absolute Gasteiger partial charge is 0.263 e. The highest BCUT2D eigenvalue weighted by atomic mass is 32.1. The molecule has 1 N–H and O–H groups in total. The standard InChI is InChI=1S/C23H21N3O3S/c1-3-29-18-11-9-17(10-12-18)25-21(27)15(2)26-14-24-22-20(23(26)28)19(13-30-22)16-7-5-4-6-8-16/h4-15H,3H2,1-2H3,(H,25,27)/t15-/m0/s1. The predicted octanol–water partition coefficient (Wildman–Crippen LogP) is 4.72. The Morgan fingerprint density at radius 3 is 2.60 bits per heavy atom. The molecule has 7 heteroatoms. The summed E-state index contributed by atoms with van der Waals surface area (Å²) in [6.07, 6.45) is 1.44. The molecule has 2 heterocycles. The van der Waals surface area contributed by atoms with E-state index in [0.717, 1.165) is 16.9 Å². The van der Waals surface area contributed by atoms with Gasteiger partial charge in [-0.2, -0.15) is 0 Å². The largest absolute Gasteiger partial charge is 0.494 e. The Morgan fingerprint density at radius 1 is 1.17 bits per heavy atom. The lowest BCUT2D eigenvalue weighted by Crippen LogP contribution is -2.31. The fraction of sp³-hybridized carbons (Fsp3) is 0.174. The van der Waals surface area contributed by atoms with Gasteiger partial charge in [-0.15, -0.1) is 11.3 Å². The van der Waals surface area contributed by atoms with Gasteiger partial charge < -0.3 is 10.1 Å². The molecule has 4 rings (SSSR count). The van der Waals surface area contributed by atoms with Crippen molar-refractivity contribution in [2.45, 2.75) is 19.9 Å². The Balaban J connectivity index is 1.63. The van der Waals surface area contributed by atoms with Crippen molar-refractivity contribution in [3.8, 4) is 16.9 Å².